The molecule has 1 amide bonds. The number of Topliss-reactive ketones (excluding diaryl/α,β-unsaturated/α-hetero) is 1. The summed E-state index contributed by atoms with van der Waals surface area (Å²) in [5.74, 6) is 0.457. The third-order valence-electron chi connectivity index (χ3n) is 5.79. The van der Waals surface area contributed by atoms with Crippen LogP contribution >= 0.6 is 0 Å². The molecule has 0 unspecified atom stereocenters. The van der Waals surface area contributed by atoms with E-state index in [9.17, 15) is 9.59 Å². The molecule has 3 rings (SSSR count). The average Bonchev–Trinajstić information content (AvgIpc) is 2.79. The highest BCUT2D eigenvalue weighted by molar-refractivity contribution is 6.01. The predicted octanol–water partition coefficient (Wildman–Crippen LogP) is 6.04. The van der Waals surface area contributed by atoms with Gasteiger partial charge in [-0.1, -0.05) is 92.7 Å². The summed E-state index contributed by atoms with van der Waals surface area (Å²) in [5.41, 5.74) is 3.69. The van der Waals surface area contributed by atoms with Crippen molar-refractivity contribution >= 4 is 11.7 Å². The molecule has 0 fully saturated rings. The third kappa shape index (κ3) is 5.91. The molecule has 0 aromatic heterocycles. The fourth-order valence-electron chi connectivity index (χ4n) is 4.07. The van der Waals surface area contributed by atoms with Gasteiger partial charge in [0.05, 0.1) is 0 Å². The molecule has 160 valence electrons. The minimum absolute atomic E-state index is 0.00365. The van der Waals surface area contributed by atoms with E-state index in [0.29, 0.717) is 24.8 Å². The molecule has 3 aromatic rings. The predicted molar refractivity (Wildman–Crippen MR) is 127 cm³/mol. The van der Waals surface area contributed by atoms with Gasteiger partial charge in [-0.25, -0.2) is 0 Å². The number of amides is 1. The smallest absolute Gasteiger partial charge is 0.254 e. The molecule has 3 nitrogen and oxygen atoms in total. The minimum atomic E-state index is -0.00587. The van der Waals surface area contributed by atoms with E-state index in [1.54, 1.807) is 0 Å². The lowest BCUT2D eigenvalue weighted by Gasteiger charge is -2.32. The first-order valence-corrected chi connectivity index (χ1v) is 10.9. The fraction of sp³-hybridized carbons (Fsp3) is 0.286. The number of carbonyl (C=O) groups excluding carboxylic acids is 2. The SMILES string of the molecule is CC(C)[C@@H](CCC(=O)Cc1ccccc1)N(C)C(=O)c1ccccc1-c1ccccc1. The van der Waals surface area contributed by atoms with Crippen molar-refractivity contribution in [3.63, 3.8) is 0 Å². The Hall–Kier alpha value is -3.20. The second-order valence-electron chi connectivity index (χ2n) is 8.38. The summed E-state index contributed by atoms with van der Waals surface area (Å²) in [4.78, 5) is 27.8. The lowest BCUT2D eigenvalue weighted by atomic mass is 9.93. The van der Waals surface area contributed by atoms with E-state index in [-0.39, 0.29) is 23.7 Å². The molecule has 3 heteroatoms. The van der Waals surface area contributed by atoms with E-state index >= 15 is 0 Å². The Labute approximate surface area is 185 Å². The van der Waals surface area contributed by atoms with Gasteiger partial charge in [0.15, 0.2) is 0 Å². The monoisotopic (exact) mass is 413 g/mol. The van der Waals surface area contributed by atoms with Crippen LogP contribution in [0.25, 0.3) is 11.1 Å². The van der Waals surface area contributed by atoms with E-state index in [1.165, 1.54) is 0 Å². The third-order valence-corrected chi connectivity index (χ3v) is 5.79. The Balaban J connectivity index is 1.72. The van der Waals surface area contributed by atoms with Gasteiger partial charge < -0.3 is 4.90 Å². The quantitative estimate of drug-likeness (QED) is 0.429. The van der Waals surface area contributed by atoms with Crippen molar-refractivity contribution in [3.05, 3.63) is 96.1 Å². The Morgan fingerprint density at radius 1 is 0.806 bits per heavy atom. The summed E-state index contributed by atoms with van der Waals surface area (Å²) >= 11 is 0. The van der Waals surface area contributed by atoms with Gasteiger partial charge in [-0.2, -0.15) is 0 Å². The summed E-state index contributed by atoms with van der Waals surface area (Å²) < 4.78 is 0. The molecule has 3 aromatic carbocycles. The lowest BCUT2D eigenvalue weighted by molar-refractivity contribution is -0.118. The van der Waals surface area contributed by atoms with Crippen molar-refractivity contribution in [2.24, 2.45) is 5.92 Å². The van der Waals surface area contributed by atoms with Gasteiger partial charge in [-0.05, 0) is 35.1 Å². The molecule has 31 heavy (non-hydrogen) atoms. The van der Waals surface area contributed by atoms with Crippen LogP contribution in [0.1, 0.15) is 42.6 Å². The number of hydrogen-bond acceptors (Lipinski definition) is 2. The minimum Gasteiger partial charge on any atom is -0.338 e. The standard InChI is InChI=1S/C28H31NO2/c1-21(2)27(19-18-24(30)20-22-12-6-4-7-13-22)29(3)28(31)26-17-11-10-16-25(26)23-14-8-5-9-15-23/h4-17,21,27H,18-20H2,1-3H3/t27-/m1/s1. The number of rotatable bonds is 9. The molecule has 0 saturated carbocycles. The van der Waals surface area contributed by atoms with Gasteiger partial charge in [0.1, 0.15) is 5.78 Å². The highest BCUT2D eigenvalue weighted by Gasteiger charge is 2.26. The lowest BCUT2D eigenvalue weighted by Crippen LogP contribution is -2.41. The van der Waals surface area contributed by atoms with Crippen LogP contribution in [0.4, 0.5) is 0 Å². The van der Waals surface area contributed by atoms with Gasteiger partial charge in [0.2, 0.25) is 0 Å². The first-order chi connectivity index (χ1) is 15.0. The van der Waals surface area contributed by atoms with Crippen LogP contribution < -0.4 is 0 Å². The summed E-state index contributed by atoms with van der Waals surface area (Å²) in [6, 6.07) is 27.5. The Bertz CT molecular complexity index is 996. The first kappa shape index (κ1) is 22.5. The molecule has 0 aliphatic heterocycles. The summed E-state index contributed by atoms with van der Waals surface area (Å²) in [7, 11) is 1.86. The van der Waals surface area contributed by atoms with Crippen LogP contribution in [0.3, 0.4) is 0 Å². The Morgan fingerprint density at radius 3 is 2.03 bits per heavy atom. The van der Waals surface area contributed by atoms with Gasteiger partial charge in [-0.15, -0.1) is 0 Å². The highest BCUT2D eigenvalue weighted by atomic mass is 16.2. The molecule has 0 radical (unpaired) electrons. The van der Waals surface area contributed by atoms with Crippen LogP contribution in [0.5, 0.6) is 0 Å². The molecule has 0 bridgehead atoms. The number of ketones is 1. The maximum Gasteiger partial charge on any atom is 0.254 e. The molecule has 0 spiro atoms. The fourth-order valence-corrected chi connectivity index (χ4v) is 4.07. The first-order valence-electron chi connectivity index (χ1n) is 10.9. The van der Waals surface area contributed by atoms with Crippen molar-refractivity contribution in [3.8, 4) is 11.1 Å². The van der Waals surface area contributed by atoms with E-state index in [2.05, 4.69) is 13.8 Å². The van der Waals surface area contributed by atoms with Crippen LogP contribution in [0.15, 0.2) is 84.9 Å². The molecule has 0 aliphatic carbocycles. The second-order valence-corrected chi connectivity index (χ2v) is 8.38. The zero-order valence-corrected chi connectivity index (χ0v) is 18.6. The van der Waals surface area contributed by atoms with E-state index in [0.717, 1.165) is 16.7 Å². The molecule has 0 N–H and O–H groups in total. The van der Waals surface area contributed by atoms with Gasteiger partial charge in [0, 0.05) is 31.5 Å². The van der Waals surface area contributed by atoms with Crippen molar-refractivity contribution in [2.45, 2.75) is 39.2 Å². The summed E-state index contributed by atoms with van der Waals surface area (Å²) in [6.45, 7) is 4.22. The Morgan fingerprint density at radius 2 is 1.39 bits per heavy atom. The van der Waals surface area contributed by atoms with Crippen molar-refractivity contribution < 1.29 is 9.59 Å². The molecule has 0 heterocycles. The Kier molecular flexibility index (Phi) is 7.77. The van der Waals surface area contributed by atoms with Crippen molar-refractivity contribution in [1.29, 1.82) is 0 Å². The van der Waals surface area contributed by atoms with E-state index in [1.807, 2.05) is 96.9 Å². The molecular formula is C28H31NO2. The zero-order valence-electron chi connectivity index (χ0n) is 18.6. The normalized spacial score (nSPS) is 11.9. The number of hydrogen-bond donors (Lipinski definition) is 0. The number of benzene rings is 3. The number of carbonyl (C=O) groups is 2. The number of nitrogens with zero attached hydrogens (tertiary/aromatic N) is 1. The molecule has 0 saturated heterocycles. The summed E-state index contributed by atoms with van der Waals surface area (Å²) in [6.07, 6.45) is 1.58. The highest BCUT2D eigenvalue weighted by Crippen LogP contribution is 2.26. The maximum atomic E-state index is 13.5. The van der Waals surface area contributed by atoms with Gasteiger partial charge >= 0.3 is 0 Å². The van der Waals surface area contributed by atoms with Gasteiger partial charge in [0.25, 0.3) is 5.91 Å². The maximum absolute atomic E-state index is 13.5. The van der Waals surface area contributed by atoms with Crippen LogP contribution in [-0.2, 0) is 11.2 Å². The zero-order chi connectivity index (χ0) is 22.2. The topological polar surface area (TPSA) is 37.4 Å². The largest absolute Gasteiger partial charge is 0.338 e. The molecule has 1 atom stereocenters. The van der Waals surface area contributed by atoms with Crippen LogP contribution in [0.2, 0.25) is 0 Å². The van der Waals surface area contributed by atoms with Gasteiger partial charge in [-0.3, -0.25) is 9.59 Å². The van der Waals surface area contributed by atoms with E-state index in [4.69, 9.17) is 0 Å². The van der Waals surface area contributed by atoms with Crippen molar-refractivity contribution in [1.82, 2.24) is 4.90 Å². The average molecular weight is 414 g/mol. The molecule has 0 aliphatic rings. The summed E-state index contributed by atoms with van der Waals surface area (Å²) in [5, 5.41) is 0. The van der Waals surface area contributed by atoms with Crippen LogP contribution in [0, 0.1) is 5.92 Å². The van der Waals surface area contributed by atoms with E-state index < -0.39 is 0 Å². The van der Waals surface area contributed by atoms with Crippen molar-refractivity contribution in [2.75, 3.05) is 7.05 Å². The van der Waals surface area contributed by atoms with Crippen LogP contribution in [-0.4, -0.2) is 29.7 Å². The molecular weight excluding hydrogens is 382 g/mol. The second kappa shape index (κ2) is 10.7.